The first kappa shape index (κ1) is 50.6. The Morgan fingerprint density at radius 1 is 0.870 bits per heavy atom. The number of carboxylic acids is 1. The maximum absolute atomic E-state index is 12.7. The van der Waals surface area contributed by atoms with Gasteiger partial charge in [-0.25, -0.2) is 19.7 Å². The van der Waals surface area contributed by atoms with Gasteiger partial charge in [0.25, 0.3) is 5.91 Å². The largest absolute Gasteiger partial charge is 0.490 e. The Morgan fingerprint density at radius 2 is 1.52 bits per heavy atom. The van der Waals surface area contributed by atoms with E-state index >= 15 is 0 Å². The topological polar surface area (TPSA) is 194 Å². The van der Waals surface area contributed by atoms with E-state index in [4.69, 9.17) is 31.2 Å². The molecule has 2 aromatic carbocycles. The predicted octanol–water partition coefficient (Wildman–Crippen LogP) is 7.31. The lowest BCUT2D eigenvalue weighted by molar-refractivity contribution is -0.192. The lowest BCUT2D eigenvalue weighted by Gasteiger charge is -2.42. The molecule has 6 heterocycles. The van der Waals surface area contributed by atoms with Crippen molar-refractivity contribution in [3.05, 3.63) is 106 Å². The van der Waals surface area contributed by atoms with E-state index in [2.05, 4.69) is 67.4 Å². The number of halogens is 4. The van der Waals surface area contributed by atoms with Gasteiger partial charge >= 0.3 is 12.1 Å². The number of rotatable bonds is 12. The summed E-state index contributed by atoms with van der Waals surface area (Å²) in [5, 5.41) is 22.1. The number of nitriles is 1. The lowest BCUT2D eigenvalue weighted by atomic mass is 9.78. The number of nitrogens with zero attached hydrogens (tertiary/aromatic N) is 7. The number of piperidine rings is 4. The number of imide groups is 1. The van der Waals surface area contributed by atoms with Gasteiger partial charge in [0.2, 0.25) is 17.8 Å². The maximum Gasteiger partial charge on any atom is 0.490 e. The van der Waals surface area contributed by atoms with Crippen molar-refractivity contribution in [2.45, 2.75) is 89.5 Å². The highest BCUT2D eigenvalue weighted by atomic mass is 35.5. The number of aromatic nitrogens is 3. The number of hydrogen-bond donors (Lipinski definition) is 3. The molecule has 4 aromatic rings. The SMILES string of the molecule is CC(C)(c1ccc(OCc2ccnc(N3CCC(CN4CCC(C5CCN(c6ccc(C(=O)NC7CCC(=O)NC7=O)nc6)CC5)CC4)CC3)n2)cc1)c1cc(Cl)cc(C#N)c1.O=C(O)C(F)(F)F. The van der Waals surface area contributed by atoms with E-state index in [0.717, 1.165) is 91.6 Å². The Morgan fingerprint density at radius 3 is 2.13 bits per heavy atom. The van der Waals surface area contributed by atoms with Crippen molar-refractivity contribution in [2.75, 3.05) is 55.6 Å². The van der Waals surface area contributed by atoms with Gasteiger partial charge in [0.15, 0.2) is 0 Å². The second-order valence-corrected chi connectivity index (χ2v) is 19.1. The van der Waals surface area contributed by atoms with Crippen LogP contribution in [0, 0.1) is 29.1 Å². The molecule has 3 amide bonds. The Kier molecular flexibility index (Phi) is 16.4. The zero-order valence-electron chi connectivity index (χ0n) is 38.7. The first-order valence-corrected chi connectivity index (χ1v) is 23.7. The zero-order chi connectivity index (χ0) is 49.3. The summed E-state index contributed by atoms with van der Waals surface area (Å²) in [4.78, 5) is 66.3. The summed E-state index contributed by atoms with van der Waals surface area (Å²) >= 11 is 6.31. The third-order valence-corrected chi connectivity index (χ3v) is 14.0. The van der Waals surface area contributed by atoms with Crippen molar-refractivity contribution in [3.63, 3.8) is 0 Å². The molecule has 4 fully saturated rings. The molecule has 0 saturated carbocycles. The smallest absolute Gasteiger partial charge is 0.487 e. The number of likely N-dealkylation sites (tertiary alicyclic amines) is 1. The average molecular weight is 973 g/mol. The fourth-order valence-corrected chi connectivity index (χ4v) is 9.85. The van der Waals surface area contributed by atoms with Crippen LogP contribution >= 0.6 is 11.6 Å². The number of nitrogens with one attached hydrogen (secondary N) is 2. The second-order valence-electron chi connectivity index (χ2n) is 18.7. The number of amides is 3. The zero-order valence-corrected chi connectivity index (χ0v) is 39.4. The highest BCUT2D eigenvalue weighted by Crippen LogP contribution is 2.36. The van der Waals surface area contributed by atoms with Crippen LogP contribution in [-0.2, 0) is 26.4 Å². The first-order chi connectivity index (χ1) is 32.9. The number of hydrogen-bond acceptors (Lipinski definition) is 12. The molecule has 366 valence electrons. The van der Waals surface area contributed by atoms with Crippen LogP contribution in [0.2, 0.25) is 5.02 Å². The molecule has 69 heavy (non-hydrogen) atoms. The van der Waals surface area contributed by atoms with Gasteiger partial charge in [-0.2, -0.15) is 18.4 Å². The summed E-state index contributed by atoms with van der Waals surface area (Å²) in [6.45, 7) is 12.0. The number of carbonyl (C=O) groups is 4. The first-order valence-electron chi connectivity index (χ1n) is 23.3. The van der Waals surface area contributed by atoms with E-state index in [0.29, 0.717) is 29.5 Å². The predicted molar refractivity (Wildman–Crippen MR) is 252 cm³/mol. The summed E-state index contributed by atoms with van der Waals surface area (Å²) in [6, 6.07) is 20.6. The minimum atomic E-state index is -5.08. The highest BCUT2D eigenvalue weighted by Gasteiger charge is 2.38. The van der Waals surface area contributed by atoms with Crippen LogP contribution < -0.4 is 25.2 Å². The molecule has 4 aliphatic rings. The molecule has 4 aliphatic heterocycles. The summed E-state index contributed by atoms with van der Waals surface area (Å²) in [7, 11) is 0. The van der Waals surface area contributed by atoms with Crippen LogP contribution in [0.5, 0.6) is 5.75 Å². The third kappa shape index (κ3) is 13.5. The Hall–Kier alpha value is -6.32. The van der Waals surface area contributed by atoms with Gasteiger partial charge in [0.1, 0.15) is 24.1 Å². The molecular weight excluding hydrogens is 915 g/mol. The Balaban J connectivity index is 0.000000933. The van der Waals surface area contributed by atoms with Crippen LogP contribution in [0.1, 0.15) is 98.1 Å². The summed E-state index contributed by atoms with van der Waals surface area (Å²) in [5.74, 6) is -0.217. The van der Waals surface area contributed by atoms with E-state index in [-0.39, 0.29) is 23.4 Å². The van der Waals surface area contributed by atoms with Gasteiger partial charge in [-0.3, -0.25) is 19.7 Å². The van der Waals surface area contributed by atoms with Crippen molar-refractivity contribution in [1.82, 2.24) is 30.5 Å². The number of ether oxygens (including phenoxy) is 1. The average Bonchev–Trinajstić information content (AvgIpc) is 3.34. The molecule has 0 bridgehead atoms. The number of aliphatic carboxylic acids is 1. The molecule has 1 atom stereocenters. The fourth-order valence-electron chi connectivity index (χ4n) is 9.61. The molecule has 4 saturated heterocycles. The Bertz CT molecular complexity index is 2480. The van der Waals surface area contributed by atoms with Gasteiger partial charge in [-0.15, -0.1) is 0 Å². The maximum atomic E-state index is 12.7. The van der Waals surface area contributed by atoms with Crippen molar-refractivity contribution in [3.8, 4) is 11.8 Å². The molecule has 3 N–H and O–H groups in total. The van der Waals surface area contributed by atoms with Gasteiger partial charge in [0.05, 0.1) is 29.2 Å². The lowest BCUT2D eigenvalue weighted by Crippen LogP contribution is -2.52. The van der Waals surface area contributed by atoms with Crippen molar-refractivity contribution >= 4 is 46.9 Å². The van der Waals surface area contributed by atoms with E-state index in [1.807, 2.05) is 42.6 Å². The van der Waals surface area contributed by atoms with Crippen molar-refractivity contribution < 1.29 is 42.2 Å². The third-order valence-electron chi connectivity index (χ3n) is 13.8. The molecule has 15 nitrogen and oxygen atoms in total. The summed E-state index contributed by atoms with van der Waals surface area (Å²) in [5.41, 5.74) is 4.42. The van der Waals surface area contributed by atoms with Crippen LogP contribution in [0.3, 0.4) is 0 Å². The number of carbonyl (C=O) groups excluding carboxylic acids is 3. The second kappa shape index (κ2) is 22.4. The molecule has 0 spiro atoms. The van der Waals surface area contributed by atoms with Gasteiger partial charge in [0, 0.05) is 55.8 Å². The standard InChI is InChI=1S/C48H56ClN9O4.C2HF3O2/c1-48(2,37-25-33(28-50)26-38(49)27-37)36-3-6-41(7-4-36)62-31-39-11-18-51-47(53-39)58-21-12-32(13-22-58)30-56-19-14-34(15-20-56)35-16-23-57(24-17-35)40-5-8-42(52-29-40)45(60)54-43-9-10-44(59)55-46(43)61;3-2(4,5)1(6)7/h3-8,11,18,25-27,29,32,34-35,43H,9-10,12-17,19-24,30-31H2,1-2H3,(H,54,60)(H,55,59,61);(H,6,7). The summed E-state index contributed by atoms with van der Waals surface area (Å²) < 4.78 is 37.9. The van der Waals surface area contributed by atoms with Crippen LogP contribution in [-0.4, -0.2) is 107 Å². The molecule has 1 unspecified atom stereocenters. The molecule has 0 aliphatic carbocycles. The van der Waals surface area contributed by atoms with E-state index in [1.165, 1.54) is 38.8 Å². The van der Waals surface area contributed by atoms with Crippen molar-refractivity contribution in [1.29, 1.82) is 5.26 Å². The molecule has 0 radical (unpaired) electrons. The van der Waals surface area contributed by atoms with Gasteiger partial charge < -0.3 is 29.9 Å². The number of alkyl halides is 3. The highest BCUT2D eigenvalue weighted by molar-refractivity contribution is 6.30. The molecular formula is C50H57ClF3N9O6. The molecule has 2 aromatic heterocycles. The minimum absolute atomic E-state index is 0.212. The molecule has 8 rings (SSSR count). The van der Waals surface area contributed by atoms with E-state index in [9.17, 15) is 32.8 Å². The van der Waals surface area contributed by atoms with Gasteiger partial charge in [-0.1, -0.05) is 37.6 Å². The quantitative estimate of drug-likeness (QED) is 0.120. The number of pyridine rings is 1. The monoisotopic (exact) mass is 971 g/mol. The van der Waals surface area contributed by atoms with Crippen molar-refractivity contribution in [2.24, 2.45) is 17.8 Å². The number of benzene rings is 2. The van der Waals surface area contributed by atoms with Crippen LogP contribution in [0.4, 0.5) is 24.8 Å². The number of anilines is 2. The Labute approximate surface area is 404 Å². The van der Waals surface area contributed by atoms with Crippen LogP contribution in [0.15, 0.2) is 73.1 Å². The minimum Gasteiger partial charge on any atom is -0.487 e. The summed E-state index contributed by atoms with van der Waals surface area (Å²) in [6.07, 6.45) is 6.15. The van der Waals surface area contributed by atoms with Crippen LogP contribution in [0.25, 0.3) is 0 Å². The van der Waals surface area contributed by atoms with Gasteiger partial charge in [-0.05, 0) is 135 Å². The number of carboxylic acid groups (broad SMARTS) is 1. The molecule has 19 heteroatoms. The van der Waals surface area contributed by atoms with E-state index < -0.39 is 30.0 Å². The normalized spacial score (nSPS) is 18.9. The fraction of sp³-hybridized carbons (Fsp3) is 0.480. The van der Waals surface area contributed by atoms with E-state index in [1.54, 1.807) is 18.3 Å².